The van der Waals surface area contributed by atoms with E-state index in [4.69, 9.17) is 4.74 Å². The number of aliphatic hydroxyl groups excluding tert-OH is 1. The minimum Gasteiger partial charge on any atom is -0.460 e. The van der Waals surface area contributed by atoms with Crippen LogP contribution in [0.4, 0.5) is 0 Å². The van der Waals surface area contributed by atoms with Crippen LogP contribution in [0.25, 0.3) is 0 Å². The first-order chi connectivity index (χ1) is 8.81. The standard InChI is InChI=1S/C16H30O3/c1-5-13(15(18)19-16(2,3)4)10-9-12-7-6-8-14(17)11-12/h12-14,17H,5-11H2,1-4H3/t12-,13?,14-/m1/s1. The summed E-state index contributed by atoms with van der Waals surface area (Å²) in [6, 6.07) is 0. The number of rotatable bonds is 5. The predicted octanol–water partition coefficient (Wildman–Crippen LogP) is 3.69. The van der Waals surface area contributed by atoms with Crippen LogP contribution < -0.4 is 0 Å². The van der Waals surface area contributed by atoms with Crippen LogP contribution >= 0.6 is 0 Å². The van der Waals surface area contributed by atoms with Gasteiger partial charge in [0.2, 0.25) is 0 Å². The lowest BCUT2D eigenvalue weighted by atomic mass is 9.82. The maximum Gasteiger partial charge on any atom is 0.309 e. The lowest BCUT2D eigenvalue weighted by Gasteiger charge is -2.28. The summed E-state index contributed by atoms with van der Waals surface area (Å²) >= 11 is 0. The number of aliphatic hydroxyl groups is 1. The van der Waals surface area contributed by atoms with Gasteiger partial charge in [0.1, 0.15) is 5.60 Å². The zero-order valence-electron chi connectivity index (χ0n) is 12.9. The Labute approximate surface area is 117 Å². The van der Waals surface area contributed by atoms with Crippen LogP contribution in [0.15, 0.2) is 0 Å². The van der Waals surface area contributed by atoms with Gasteiger partial charge in [0.05, 0.1) is 12.0 Å². The maximum absolute atomic E-state index is 12.1. The van der Waals surface area contributed by atoms with Crippen molar-refractivity contribution in [1.29, 1.82) is 0 Å². The van der Waals surface area contributed by atoms with Crippen LogP contribution in [0.5, 0.6) is 0 Å². The van der Waals surface area contributed by atoms with Gasteiger partial charge in [-0.25, -0.2) is 0 Å². The number of carbonyl (C=O) groups excluding carboxylic acids is 1. The van der Waals surface area contributed by atoms with E-state index >= 15 is 0 Å². The molecule has 0 bridgehead atoms. The molecule has 19 heavy (non-hydrogen) atoms. The van der Waals surface area contributed by atoms with Crippen molar-refractivity contribution in [3.63, 3.8) is 0 Å². The molecule has 0 heterocycles. The molecule has 1 saturated carbocycles. The van der Waals surface area contributed by atoms with Crippen LogP contribution in [0.2, 0.25) is 0 Å². The molecule has 0 aliphatic heterocycles. The minimum atomic E-state index is -0.397. The Bertz CT molecular complexity index is 280. The fraction of sp³-hybridized carbons (Fsp3) is 0.938. The van der Waals surface area contributed by atoms with Crippen LogP contribution in [-0.2, 0) is 9.53 Å². The van der Waals surface area contributed by atoms with E-state index in [1.807, 2.05) is 27.7 Å². The fourth-order valence-corrected chi connectivity index (χ4v) is 2.84. The molecule has 1 rings (SSSR count). The van der Waals surface area contributed by atoms with E-state index in [-0.39, 0.29) is 18.0 Å². The largest absolute Gasteiger partial charge is 0.460 e. The normalized spacial score (nSPS) is 25.9. The van der Waals surface area contributed by atoms with E-state index in [9.17, 15) is 9.90 Å². The molecule has 3 nitrogen and oxygen atoms in total. The summed E-state index contributed by atoms with van der Waals surface area (Å²) in [6.45, 7) is 7.78. The van der Waals surface area contributed by atoms with Crippen molar-refractivity contribution < 1.29 is 14.6 Å². The Kier molecular flexibility index (Phi) is 6.31. The van der Waals surface area contributed by atoms with Crippen molar-refractivity contribution in [2.24, 2.45) is 11.8 Å². The third-order valence-corrected chi connectivity index (χ3v) is 3.91. The van der Waals surface area contributed by atoms with E-state index in [1.165, 1.54) is 6.42 Å². The molecule has 1 aliphatic rings. The van der Waals surface area contributed by atoms with Gasteiger partial charge in [-0.2, -0.15) is 0 Å². The Morgan fingerprint density at radius 2 is 2.05 bits per heavy atom. The third-order valence-electron chi connectivity index (χ3n) is 3.91. The maximum atomic E-state index is 12.1. The van der Waals surface area contributed by atoms with E-state index in [1.54, 1.807) is 0 Å². The van der Waals surface area contributed by atoms with Crippen molar-refractivity contribution in [2.75, 3.05) is 0 Å². The zero-order chi connectivity index (χ0) is 14.5. The van der Waals surface area contributed by atoms with E-state index < -0.39 is 5.60 Å². The van der Waals surface area contributed by atoms with Gasteiger partial charge >= 0.3 is 5.97 Å². The average Bonchev–Trinajstić information content (AvgIpc) is 2.27. The highest BCUT2D eigenvalue weighted by molar-refractivity contribution is 5.72. The van der Waals surface area contributed by atoms with Gasteiger partial charge in [0.15, 0.2) is 0 Å². The number of carbonyl (C=O) groups is 1. The van der Waals surface area contributed by atoms with E-state index in [0.29, 0.717) is 5.92 Å². The first-order valence-corrected chi connectivity index (χ1v) is 7.72. The van der Waals surface area contributed by atoms with Crippen molar-refractivity contribution in [3.8, 4) is 0 Å². The second-order valence-corrected chi connectivity index (χ2v) is 6.90. The molecule has 0 radical (unpaired) electrons. The molecule has 1 aliphatic carbocycles. The lowest BCUT2D eigenvalue weighted by Crippen LogP contribution is -2.29. The molecule has 3 atom stereocenters. The quantitative estimate of drug-likeness (QED) is 0.775. The molecule has 0 spiro atoms. The fourth-order valence-electron chi connectivity index (χ4n) is 2.84. The van der Waals surface area contributed by atoms with Crippen LogP contribution in [0, 0.1) is 11.8 Å². The molecule has 0 aromatic rings. The van der Waals surface area contributed by atoms with Crippen LogP contribution in [0.1, 0.15) is 72.6 Å². The molecule has 1 N–H and O–H groups in total. The van der Waals surface area contributed by atoms with Gasteiger partial charge in [-0.15, -0.1) is 0 Å². The van der Waals surface area contributed by atoms with Crippen LogP contribution in [-0.4, -0.2) is 22.8 Å². The lowest BCUT2D eigenvalue weighted by molar-refractivity contribution is -0.160. The monoisotopic (exact) mass is 270 g/mol. The molecule has 1 fully saturated rings. The van der Waals surface area contributed by atoms with E-state index in [2.05, 4.69) is 0 Å². The molecular weight excluding hydrogens is 240 g/mol. The first kappa shape index (κ1) is 16.5. The van der Waals surface area contributed by atoms with Crippen molar-refractivity contribution in [1.82, 2.24) is 0 Å². The summed E-state index contributed by atoms with van der Waals surface area (Å²) in [7, 11) is 0. The van der Waals surface area contributed by atoms with Gasteiger partial charge in [-0.1, -0.05) is 19.8 Å². The van der Waals surface area contributed by atoms with E-state index in [0.717, 1.165) is 38.5 Å². The Morgan fingerprint density at radius 3 is 2.58 bits per heavy atom. The van der Waals surface area contributed by atoms with Gasteiger partial charge in [-0.05, 0) is 58.8 Å². The average molecular weight is 270 g/mol. The molecule has 0 amide bonds. The Balaban J connectivity index is 2.37. The zero-order valence-corrected chi connectivity index (χ0v) is 12.9. The molecule has 0 aromatic heterocycles. The van der Waals surface area contributed by atoms with Gasteiger partial charge in [-0.3, -0.25) is 4.79 Å². The second-order valence-electron chi connectivity index (χ2n) is 6.90. The van der Waals surface area contributed by atoms with Crippen LogP contribution in [0.3, 0.4) is 0 Å². The van der Waals surface area contributed by atoms with Gasteiger partial charge in [0.25, 0.3) is 0 Å². The minimum absolute atomic E-state index is 0.0123. The van der Waals surface area contributed by atoms with Gasteiger partial charge < -0.3 is 9.84 Å². The van der Waals surface area contributed by atoms with Gasteiger partial charge in [0, 0.05) is 0 Å². The second kappa shape index (κ2) is 7.28. The molecule has 3 heteroatoms. The molecular formula is C16H30O3. The molecule has 0 aromatic carbocycles. The number of esters is 1. The summed E-state index contributed by atoms with van der Waals surface area (Å²) < 4.78 is 5.46. The predicted molar refractivity (Wildman–Crippen MR) is 76.8 cm³/mol. The molecule has 0 saturated heterocycles. The highest BCUT2D eigenvalue weighted by atomic mass is 16.6. The first-order valence-electron chi connectivity index (χ1n) is 7.72. The molecule has 1 unspecified atom stereocenters. The highest BCUT2D eigenvalue weighted by Gasteiger charge is 2.26. The highest BCUT2D eigenvalue weighted by Crippen LogP contribution is 2.30. The SMILES string of the molecule is CCC(CC[C@H]1CCC[C@@H](O)C1)C(=O)OC(C)(C)C. The summed E-state index contributed by atoms with van der Waals surface area (Å²) in [4.78, 5) is 12.1. The summed E-state index contributed by atoms with van der Waals surface area (Å²) in [5.41, 5.74) is -0.397. The molecule has 112 valence electrons. The Morgan fingerprint density at radius 1 is 1.37 bits per heavy atom. The third kappa shape index (κ3) is 6.42. The summed E-state index contributed by atoms with van der Waals surface area (Å²) in [5.74, 6) is 0.532. The summed E-state index contributed by atoms with van der Waals surface area (Å²) in [6.07, 6.45) is 6.81. The number of hydrogen-bond donors (Lipinski definition) is 1. The van der Waals surface area contributed by atoms with Crippen molar-refractivity contribution in [2.45, 2.75) is 84.3 Å². The Hall–Kier alpha value is -0.570. The van der Waals surface area contributed by atoms with Crippen molar-refractivity contribution >= 4 is 5.97 Å². The van der Waals surface area contributed by atoms with Crippen molar-refractivity contribution in [3.05, 3.63) is 0 Å². The number of hydrogen-bond acceptors (Lipinski definition) is 3. The number of ether oxygens (including phenoxy) is 1. The topological polar surface area (TPSA) is 46.5 Å². The smallest absolute Gasteiger partial charge is 0.309 e. The summed E-state index contributed by atoms with van der Waals surface area (Å²) in [5, 5.41) is 9.67.